The van der Waals surface area contributed by atoms with Crippen molar-refractivity contribution in [3.8, 4) is 6.07 Å². The second kappa shape index (κ2) is 7.05. The van der Waals surface area contributed by atoms with E-state index in [9.17, 15) is 13.2 Å². The lowest BCUT2D eigenvalue weighted by molar-refractivity contribution is -0.116. The van der Waals surface area contributed by atoms with E-state index >= 15 is 0 Å². The number of carbonyl (C=O) groups is 1. The highest BCUT2D eigenvalue weighted by Crippen LogP contribution is 2.12. The van der Waals surface area contributed by atoms with Crippen LogP contribution in [0.4, 0.5) is 5.69 Å². The highest BCUT2D eigenvalue weighted by atomic mass is 32.2. The zero-order chi connectivity index (χ0) is 16.9. The quantitative estimate of drug-likeness (QED) is 0.870. The van der Waals surface area contributed by atoms with Gasteiger partial charge in [0.1, 0.15) is 0 Å². The van der Waals surface area contributed by atoms with Crippen LogP contribution in [0, 0.1) is 11.3 Å². The molecule has 0 aliphatic carbocycles. The van der Waals surface area contributed by atoms with Crippen LogP contribution in [0.3, 0.4) is 0 Å². The summed E-state index contributed by atoms with van der Waals surface area (Å²) >= 11 is 0. The number of primary sulfonamides is 1. The number of hydrogen-bond acceptors (Lipinski definition) is 4. The molecule has 0 atom stereocenters. The Bertz CT molecular complexity index is 853. The average molecular weight is 329 g/mol. The van der Waals surface area contributed by atoms with Crippen LogP contribution in [-0.4, -0.2) is 14.3 Å². The number of sulfonamides is 1. The summed E-state index contributed by atoms with van der Waals surface area (Å²) in [6, 6.07) is 14.7. The number of benzene rings is 2. The molecule has 0 saturated carbocycles. The first-order valence-corrected chi connectivity index (χ1v) is 8.35. The molecule has 0 aromatic heterocycles. The van der Waals surface area contributed by atoms with Crippen LogP contribution in [0.25, 0.3) is 0 Å². The van der Waals surface area contributed by atoms with Crippen LogP contribution < -0.4 is 10.5 Å². The van der Waals surface area contributed by atoms with Crippen LogP contribution in [0.5, 0.6) is 0 Å². The average Bonchev–Trinajstić information content (AvgIpc) is 2.52. The molecular formula is C16H15N3O3S. The molecule has 0 aliphatic heterocycles. The molecule has 2 aromatic carbocycles. The lowest BCUT2D eigenvalue weighted by atomic mass is 10.1. The Morgan fingerprint density at radius 2 is 1.87 bits per heavy atom. The van der Waals surface area contributed by atoms with Gasteiger partial charge in [-0.25, -0.2) is 13.6 Å². The predicted octanol–water partition coefficient (Wildman–Crippen LogP) is 1.78. The minimum Gasteiger partial charge on any atom is -0.326 e. The Balaban J connectivity index is 1.93. The molecule has 118 valence electrons. The third-order valence-electron chi connectivity index (χ3n) is 3.17. The van der Waals surface area contributed by atoms with Gasteiger partial charge in [0.15, 0.2) is 0 Å². The summed E-state index contributed by atoms with van der Waals surface area (Å²) < 4.78 is 22.3. The number of nitrogens with zero attached hydrogens (tertiary/aromatic N) is 1. The molecule has 0 unspecified atom stereocenters. The molecule has 0 fully saturated rings. The first-order chi connectivity index (χ1) is 10.9. The minimum atomic E-state index is -3.70. The summed E-state index contributed by atoms with van der Waals surface area (Å²) in [5.41, 5.74) is 1.87. The lowest BCUT2D eigenvalue weighted by Crippen LogP contribution is -2.13. The van der Waals surface area contributed by atoms with Crippen molar-refractivity contribution in [2.24, 2.45) is 5.14 Å². The van der Waals surface area contributed by atoms with Gasteiger partial charge in [-0.05, 0) is 42.3 Å². The Labute approximate surface area is 134 Å². The molecule has 3 N–H and O–H groups in total. The molecular weight excluding hydrogens is 314 g/mol. The number of anilines is 1. The summed E-state index contributed by atoms with van der Waals surface area (Å²) in [6.07, 6.45) is 0.709. The van der Waals surface area contributed by atoms with Gasteiger partial charge in [0, 0.05) is 12.1 Å². The molecule has 1 amide bonds. The Kier molecular flexibility index (Phi) is 5.11. The van der Waals surface area contributed by atoms with Crippen molar-refractivity contribution in [1.29, 1.82) is 5.26 Å². The van der Waals surface area contributed by atoms with Gasteiger partial charge in [0.05, 0.1) is 16.5 Å². The number of hydrogen-bond donors (Lipinski definition) is 2. The van der Waals surface area contributed by atoms with E-state index in [4.69, 9.17) is 10.4 Å². The van der Waals surface area contributed by atoms with Gasteiger partial charge in [-0.1, -0.05) is 18.2 Å². The van der Waals surface area contributed by atoms with Gasteiger partial charge in [0.25, 0.3) is 0 Å². The van der Waals surface area contributed by atoms with Crippen molar-refractivity contribution in [2.45, 2.75) is 17.7 Å². The summed E-state index contributed by atoms with van der Waals surface area (Å²) in [4.78, 5) is 11.9. The second-order valence-electron chi connectivity index (χ2n) is 4.93. The maximum absolute atomic E-state index is 11.9. The van der Waals surface area contributed by atoms with E-state index in [1.807, 2.05) is 6.07 Å². The third-order valence-corrected chi connectivity index (χ3v) is 4.10. The van der Waals surface area contributed by atoms with E-state index in [0.717, 1.165) is 5.56 Å². The summed E-state index contributed by atoms with van der Waals surface area (Å²) in [6.45, 7) is 0. The van der Waals surface area contributed by atoms with Gasteiger partial charge in [-0.3, -0.25) is 4.79 Å². The maximum atomic E-state index is 11.9. The highest BCUT2D eigenvalue weighted by molar-refractivity contribution is 7.89. The van der Waals surface area contributed by atoms with Crippen LogP contribution in [0.15, 0.2) is 53.4 Å². The van der Waals surface area contributed by atoms with Gasteiger partial charge in [-0.15, -0.1) is 0 Å². The van der Waals surface area contributed by atoms with E-state index < -0.39 is 10.0 Å². The van der Waals surface area contributed by atoms with Crippen molar-refractivity contribution < 1.29 is 13.2 Å². The second-order valence-corrected chi connectivity index (χ2v) is 6.49. The molecule has 0 saturated heterocycles. The zero-order valence-corrected chi connectivity index (χ0v) is 13.0. The molecule has 0 spiro atoms. The summed E-state index contributed by atoms with van der Waals surface area (Å²) in [7, 11) is -3.70. The number of nitriles is 1. The predicted molar refractivity (Wildman–Crippen MR) is 85.9 cm³/mol. The number of nitrogens with one attached hydrogen (secondary N) is 1. The van der Waals surface area contributed by atoms with Crippen molar-refractivity contribution in [3.63, 3.8) is 0 Å². The van der Waals surface area contributed by atoms with E-state index in [1.165, 1.54) is 12.1 Å². The number of aryl methyl sites for hydroxylation is 1. The Morgan fingerprint density at radius 3 is 2.48 bits per heavy atom. The molecule has 0 bridgehead atoms. The topological polar surface area (TPSA) is 113 Å². The maximum Gasteiger partial charge on any atom is 0.238 e. The van der Waals surface area contributed by atoms with Crippen LogP contribution in [0.1, 0.15) is 17.5 Å². The first kappa shape index (κ1) is 16.7. The SMILES string of the molecule is N#Cc1cccc(NC(=O)CCc2ccc(S(N)(=O)=O)cc2)c1. The fourth-order valence-electron chi connectivity index (χ4n) is 1.99. The standard InChI is InChI=1S/C16H15N3O3S/c17-11-13-2-1-3-14(10-13)19-16(20)9-6-12-4-7-15(8-5-12)23(18,21)22/h1-5,7-8,10H,6,9H2,(H,19,20)(H2,18,21,22). The molecule has 2 rings (SSSR count). The van der Waals surface area contributed by atoms with E-state index in [1.54, 1.807) is 36.4 Å². The van der Waals surface area contributed by atoms with Crippen molar-refractivity contribution in [2.75, 3.05) is 5.32 Å². The number of rotatable bonds is 5. The van der Waals surface area contributed by atoms with Crippen molar-refractivity contribution in [1.82, 2.24) is 0 Å². The van der Waals surface area contributed by atoms with Gasteiger partial charge in [-0.2, -0.15) is 5.26 Å². The molecule has 0 heterocycles. The van der Waals surface area contributed by atoms with E-state index in [-0.39, 0.29) is 17.2 Å². The lowest BCUT2D eigenvalue weighted by Gasteiger charge is -2.06. The monoisotopic (exact) mass is 329 g/mol. The largest absolute Gasteiger partial charge is 0.326 e. The normalized spacial score (nSPS) is 10.8. The van der Waals surface area contributed by atoms with Gasteiger partial charge in [0.2, 0.25) is 15.9 Å². The van der Waals surface area contributed by atoms with Crippen LogP contribution >= 0.6 is 0 Å². The fourth-order valence-corrected chi connectivity index (χ4v) is 2.51. The van der Waals surface area contributed by atoms with Crippen molar-refractivity contribution in [3.05, 3.63) is 59.7 Å². The molecule has 23 heavy (non-hydrogen) atoms. The molecule has 2 aromatic rings. The molecule has 6 nitrogen and oxygen atoms in total. The van der Waals surface area contributed by atoms with E-state index in [2.05, 4.69) is 5.32 Å². The number of amides is 1. The van der Waals surface area contributed by atoms with Gasteiger partial charge >= 0.3 is 0 Å². The molecule has 0 aliphatic rings. The fraction of sp³-hybridized carbons (Fsp3) is 0.125. The smallest absolute Gasteiger partial charge is 0.238 e. The molecule has 7 heteroatoms. The van der Waals surface area contributed by atoms with Crippen LogP contribution in [-0.2, 0) is 21.2 Å². The van der Waals surface area contributed by atoms with Crippen molar-refractivity contribution >= 4 is 21.6 Å². The van der Waals surface area contributed by atoms with Crippen LogP contribution in [0.2, 0.25) is 0 Å². The minimum absolute atomic E-state index is 0.0408. The zero-order valence-electron chi connectivity index (χ0n) is 12.2. The van der Waals surface area contributed by atoms with Gasteiger partial charge < -0.3 is 5.32 Å². The number of nitrogens with two attached hydrogens (primary N) is 1. The Morgan fingerprint density at radius 1 is 1.17 bits per heavy atom. The molecule has 0 radical (unpaired) electrons. The Hall–Kier alpha value is -2.69. The highest BCUT2D eigenvalue weighted by Gasteiger charge is 2.08. The van der Waals surface area contributed by atoms with E-state index in [0.29, 0.717) is 17.7 Å². The number of carbonyl (C=O) groups excluding carboxylic acids is 1. The summed E-state index contributed by atoms with van der Waals surface area (Å²) in [5.74, 6) is -0.185. The third kappa shape index (κ3) is 4.92. The summed E-state index contributed by atoms with van der Waals surface area (Å²) in [5, 5.41) is 16.6. The first-order valence-electron chi connectivity index (χ1n) is 6.80.